The van der Waals surface area contributed by atoms with Crippen molar-refractivity contribution in [2.75, 3.05) is 33.1 Å². The zero-order valence-corrected chi connectivity index (χ0v) is 17.7. The number of benzene rings is 2. The number of carbonyl (C=O) groups excluding carboxylic acids is 2. The smallest absolute Gasteiger partial charge is 0.338 e. The molecular weight excluding hydrogens is 420 g/mol. The molecule has 0 heterocycles. The van der Waals surface area contributed by atoms with Crippen LogP contribution in [0.15, 0.2) is 47.4 Å². The number of rotatable bonds is 8. The van der Waals surface area contributed by atoms with Crippen LogP contribution in [0.5, 0.6) is 0 Å². The molecule has 0 spiro atoms. The Hall–Kier alpha value is -2.46. The summed E-state index contributed by atoms with van der Waals surface area (Å²) >= 11 is 5.97. The number of halogens is 1. The Bertz CT molecular complexity index is 990. The van der Waals surface area contributed by atoms with E-state index in [2.05, 4.69) is 5.32 Å². The van der Waals surface area contributed by atoms with Crippen LogP contribution in [-0.4, -0.2) is 52.4 Å². The number of nitrogens with one attached hydrogen (secondary N) is 1. The fourth-order valence-electron chi connectivity index (χ4n) is 2.29. The van der Waals surface area contributed by atoms with Gasteiger partial charge < -0.3 is 14.8 Å². The molecule has 0 aliphatic carbocycles. The molecule has 8 nitrogen and oxygen atoms in total. The Labute approximate surface area is 174 Å². The fraction of sp³-hybridized carbons (Fsp3) is 0.263. The van der Waals surface area contributed by atoms with Crippen molar-refractivity contribution in [1.82, 2.24) is 4.31 Å². The molecule has 0 radical (unpaired) electrons. The first-order chi connectivity index (χ1) is 13.6. The minimum absolute atomic E-state index is 0.0278. The average molecular weight is 441 g/mol. The van der Waals surface area contributed by atoms with Gasteiger partial charge in [-0.05, 0) is 35.9 Å². The number of nitrogens with zero attached hydrogens (tertiary/aromatic N) is 1. The van der Waals surface area contributed by atoms with Crippen molar-refractivity contribution in [3.63, 3.8) is 0 Å². The molecule has 0 atom stereocenters. The average Bonchev–Trinajstić information content (AvgIpc) is 2.68. The summed E-state index contributed by atoms with van der Waals surface area (Å²) in [5.41, 5.74) is 1.40. The van der Waals surface area contributed by atoms with Gasteiger partial charge in [-0.1, -0.05) is 23.7 Å². The standard InChI is InChI=1S/C19H21ClN2O6S/c1-22(2)29(25,26)17-10-15(8-9-16(17)20)21-18(23)12-28-19(24)14-6-4-13(5-7-14)11-27-3/h4-10H,11-12H2,1-3H3,(H,21,23). The van der Waals surface area contributed by atoms with E-state index in [9.17, 15) is 18.0 Å². The van der Waals surface area contributed by atoms with E-state index < -0.39 is 28.5 Å². The number of esters is 1. The van der Waals surface area contributed by atoms with Gasteiger partial charge in [0, 0.05) is 26.9 Å². The lowest BCUT2D eigenvalue weighted by Crippen LogP contribution is -2.23. The molecule has 0 saturated heterocycles. The first-order valence-electron chi connectivity index (χ1n) is 8.42. The lowest BCUT2D eigenvalue weighted by atomic mass is 10.1. The molecule has 0 aliphatic rings. The molecule has 0 aliphatic heterocycles. The van der Waals surface area contributed by atoms with Gasteiger partial charge >= 0.3 is 5.97 Å². The molecule has 1 N–H and O–H groups in total. The number of hydrogen-bond acceptors (Lipinski definition) is 6. The first-order valence-corrected chi connectivity index (χ1v) is 10.2. The number of sulfonamides is 1. The van der Waals surface area contributed by atoms with Crippen LogP contribution in [0.1, 0.15) is 15.9 Å². The van der Waals surface area contributed by atoms with Crippen LogP contribution in [0.25, 0.3) is 0 Å². The number of methoxy groups -OCH3 is 1. The molecule has 0 unspecified atom stereocenters. The Kier molecular flexibility index (Phi) is 7.74. The fourth-order valence-corrected chi connectivity index (χ4v) is 3.68. The quantitative estimate of drug-likeness (QED) is 0.633. The maximum Gasteiger partial charge on any atom is 0.338 e. The van der Waals surface area contributed by atoms with Crippen molar-refractivity contribution in [2.24, 2.45) is 0 Å². The second-order valence-corrected chi connectivity index (χ2v) is 8.71. The van der Waals surface area contributed by atoms with Gasteiger partial charge in [-0.3, -0.25) is 4.79 Å². The molecule has 2 aromatic rings. The predicted octanol–water partition coefficient (Wildman–Crippen LogP) is 2.53. The van der Waals surface area contributed by atoms with Gasteiger partial charge in [0.15, 0.2) is 6.61 Å². The molecule has 1 amide bonds. The van der Waals surface area contributed by atoms with Crippen molar-refractivity contribution in [2.45, 2.75) is 11.5 Å². The highest BCUT2D eigenvalue weighted by molar-refractivity contribution is 7.89. The summed E-state index contributed by atoms with van der Waals surface area (Å²) in [6.45, 7) is -0.110. The van der Waals surface area contributed by atoms with E-state index >= 15 is 0 Å². The summed E-state index contributed by atoms with van der Waals surface area (Å²) in [5, 5.41) is 2.51. The van der Waals surface area contributed by atoms with Crippen LogP contribution in [0.3, 0.4) is 0 Å². The zero-order chi connectivity index (χ0) is 21.6. The maximum absolute atomic E-state index is 12.3. The van der Waals surface area contributed by atoms with Gasteiger partial charge in [0.05, 0.1) is 17.2 Å². The van der Waals surface area contributed by atoms with Gasteiger partial charge in [0.2, 0.25) is 10.0 Å². The van der Waals surface area contributed by atoms with E-state index in [0.29, 0.717) is 12.2 Å². The third-order valence-corrected chi connectivity index (χ3v) is 6.11. The number of amides is 1. The molecule has 0 fully saturated rings. The summed E-state index contributed by atoms with van der Waals surface area (Å²) in [7, 11) is 0.537. The number of ether oxygens (including phenoxy) is 2. The summed E-state index contributed by atoms with van der Waals surface area (Å²) in [6, 6.07) is 10.7. The molecule has 29 heavy (non-hydrogen) atoms. The van der Waals surface area contributed by atoms with Crippen LogP contribution in [0, 0.1) is 0 Å². The first kappa shape index (κ1) is 22.8. The highest BCUT2D eigenvalue weighted by atomic mass is 35.5. The number of hydrogen-bond donors (Lipinski definition) is 1. The second kappa shape index (κ2) is 9.84. The van der Waals surface area contributed by atoms with E-state index in [1.807, 2.05) is 0 Å². The zero-order valence-electron chi connectivity index (χ0n) is 16.1. The number of carbonyl (C=O) groups is 2. The van der Waals surface area contributed by atoms with Crippen molar-refractivity contribution in [3.05, 3.63) is 58.6 Å². The number of anilines is 1. The van der Waals surface area contributed by atoms with Gasteiger partial charge in [0.1, 0.15) is 4.90 Å². The summed E-state index contributed by atoms with van der Waals surface area (Å²) < 4.78 is 35.6. The Morgan fingerprint density at radius 2 is 1.76 bits per heavy atom. The SMILES string of the molecule is COCc1ccc(C(=O)OCC(=O)Nc2ccc(Cl)c(S(=O)(=O)N(C)C)c2)cc1. The van der Waals surface area contributed by atoms with Gasteiger partial charge in [0.25, 0.3) is 5.91 Å². The third kappa shape index (κ3) is 6.01. The molecule has 156 valence electrons. The Balaban J connectivity index is 2.00. The summed E-state index contributed by atoms with van der Waals surface area (Å²) in [4.78, 5) is 24.0. The minimum Gasteiger partial charge on any atom is -0.452 e. The maximum atomic E-state index is 12.3. The van der Waals surface area contributed by atoms with Crippen molar-refractivity contribution < 1.29 is 27.5 Å². The highest BCUT2D eigenvalue weighted by Gasteiger charge is 2.21. The van der Waals surface area contributed by atoms with E-state index in [0.717, 1.165) is 9.87 Å². The molecule has 0 bridgehead atoms. The van der Waals surface area contributed by atoms with Crippen LogP contribution >= 0.6 is 11.6 Å². The van der Waals surface area contributed by atoms with E-state index in [1.54, 1.807) is 31.4 Å². The van der Waals surface area contributed by atoms with E-state index in [1.165, 1.54) is 32.3 Å². The minimum atomic E-state index is -3.78. The monoisotopic (exact) mass is 440 g/mol. The molecule has 2 aromatic carbocycles. The van der Waals surface area contributed by atoms with Crippen LogP contribution in [0.4, 0.5) is 5.69 Å². The lowest BCUT2D eigenvalue weighted by Gasteiger charge is -2.14. The Morgan fingerprint density at radius 3 is 2.34 bits per heavy atom. The third-order valence-electron chi connectivity index (χ3n) is 3.81. The van der Waals surface area contributed by atoms with Crippen LogP contribution < -0.4 is 5.32 Å². The Morgan fingerprint density at radius 1 is 1.10 bits per heavy atom. The lowest BCUT2D eigenvalue weighted by molar-refractivity contribution is -0.119. The van der Waals surface area contributed by atoms with Gasteiger partial charge in [-0.15, -0.1) is 0 Å². The van der Waals surface area contributed by atoms with Gasteiger partial charge in [-0.25, -0.2) is 17.5 Å². The van der Waals surface area contributed by atoms with Crippen LogP contribution in [-0.2, 0) is 30.9 Å². The predicted molar refractivity (Wildman–Crippen MR) is 108 cm³/mol. The largest absolute Gasteiger partial charge is 0.452 e. The van der Waals surface area contributed by atoms with Crippen molar-refractivity contribution in [3.8, 4) is 0 Å². The normalized spacial score (nSPS) is 11.3. The van der Waals surface area contributed by atoms with E-state index in [4.69, 9.17) is 21.1 Å². The second-order valence-electron chi connectivity index (χ2n) is 6.19. The van der Waals surface area contributed by atoms with Crippen molar-refractivity contribution >= 4 is 39.2 Å². The highest BCUT2D eigenvalue weighted by Crippen LogP contribution is 2.26. The van der Waals surface area contributed by atoms with E-state index in [-0.39, 0.29) is 15.6 Å². The molecule has 10 heteroatoms. The van der Waals surface area contributed by atoms with Crippen molar-refractivity contribution in [1.29, 1.82) is 0 Å². The topological polar surface area (TPSA) is 102 Å². The molecular formula is C19H21ClN2O6S. The van der Waals surface area contributed by atoms with Crippen LogP contribution in [0.2, 0.25) is 5.02 Å². The summed E-state index contributed by atoms with van der Waals surface area (Å²) in [6.07, 6.45) is 0. The molecule has 0 saturated carbocycles. The molecule has 0 aromatic heterocycles. The molecule has 2 rings (SSSR count). The summed E-state index contributed by atoms with van der Waals surface area (Å²) in [5.74, 6) is -1.28. The van der Waals surface area contributed by atoms with Gasteiger partial charge in [-0.2, -0.15) is 0 Å².